The molecule has 0 aromatic rings. The molecule has 4 aliphatic rings. The molecule has 4 nitrogen and oxygen atoms in total. The van der Waals surface area contributed by atoms with E-state index in [1.807, 2.05) is 0 Å². The Morgan fingerprint density at radius 2 is 1.91 bits per heavy atom. The van der Waals surface area contributed by atoms with Crippen molar-refractivity contribution >= 4 is 5.78 Å². The van der Waals surface area contributed by atoms with Crippen molar-refractivity contribution in [3.8, 4) is 0 Å². The number of ketones is 1. The molecule has 4 fully saturated rings. The highest BCUT2D eigenvalue weighted by Gasteiger charge is 2.59. The van der Waals surface area contributed by atoms with Crippen LogP contribution in [0.4, 0.5) is 0 Å². The lowest BCUT2D eigenvalue weighted by molar-refractivity contribution is -0.139. The molecule has 4 aliphatic carbocycles. The Morgan fingerprint density at radius 1 is 1.09 bits per heavy atom. The molecule has 0 heterocycles. The zero-order chi connectivity index (χ0) is 16.2. The van der Waals surface area contributed by atoms with Crippen molar-refractivity contribution < 1.29 is 4.79 Å². The average Bonchev–Trinajstić information content (AvgIpc) is 2.84. The lowest BCUT2D eigenvalue weighted by Gasteiger charge is -2.60. The summed E-state index contributed by atoms with van der Waals surface area (Å²) in [6, 6.07) is 0.344. The molecule has 0 radical (unpaired) electrons. The van der Waals surface area contributed by atoms with Crippen LogP contribution in [-0.4, -0.2) is 11.8 Å². The SMILES string of the molecule is C[C@]12CC[C@H](NN=[N-])C[C@@H]1CC[C@@H]1[C@H]3CCC(=O)[C@@]3(C)CC[C@@H]12. The van der Waals surface area contributed by atoms with Gasteiger partial charge in [-0.15, -0.1) is 0 Å². The van der Waals surface area contributed by atoms with E-state index in [9.17, 15) is 4.79 Å². The van der Waals surface area contributed by atoms with Crippen molar-refractivity contribution in [1.82, 2.24) is 5.43 Å². The summed E-state index contributed by atoms with van der Waals surface area (Å²) >= 11 is 0. The number of hydrogen-bond donors (Lipinski definition) is 1. The fourth-order valence-corrected chi connectivity index (χ4v) is 7.23. The molecule has 0 spiro atoms. The molecule has 0 saturated heterocycles. The van der Waals surface area contributed by atoms with E-state index in [1.165, 1.54) is 25.7 Å². The van der Waals surface area contributed by atoms with Crippen LogP contribution in [0.2, 0.25) is 0 Å². The van der Waals surface area contributed by atoms with E-state index in [4.69, 9.17) is 5.53 Å². The van der Waals surface area contributed by atoms with E-state index in [0.717, 1.165) is 49.9 Å². The third-order valence-corrected chi connectivity index (χ3v) is 8.62. The largest absolute Gasteiger partial charge is 0.411 e. The predicted octanol–water partition coefficient (Wildman–Crippen LogP) is 4.49. The van der Waals surface area contributed by atoms with E-state index in [2.05, 4.69) is 24.5 Å². The molecule has 0 aliphatic heterocycles. The zero-order valence-corrected chi connectivity index (χ0v) is 14.6. The standard InChI is InChI=1S/C19H30N3O/c1-18-9-7-13(21-22-20)11-12(18)3-4-14-15-5-6-17(23)19(15,2)10-8-16(14)18/h12-16H,3-11H2,1-2H3,(H-,20,21)/q-1/t12-,13-,14+,15+,16-,18-,19-/m0/s1. The maximum Gasteiger partial charge on any atom is 0.139 e. The van der Waals surface area contributed by atoms with Crippen molar-refractivity contribution in [2.45, 2.75) is 77.7 Å². The first-order valence-corrected chi connectivity index (χ1v) is 9.62. The first-order valence-electron chi connectivity index (χ1n) is 9.62. The van der Waals surface area contributed by atoms with Gasteiger partial charge in [-0.05, 0) is 86.5 Å². The second-order valence-electron chi connectivity index (χ2n) is 9.28. The first kappa shape index (κ1) is 15.6. The molecule has 128 valence electrons. The van der Waals surface area contributed by atoms with Crippen molar-refractivity contribution in [2.75, 3.05) is 0 Å². The van der Waals surface area contributed by atoms with Gasteiger partial charge in [0, 0.05) is 11.8 Å². The van der Waals surface area contributed by atoms with Crippen LogP contribution >= 0.6 is 0 Å². The van der Waals surface area contributed by atoms with Crippen molar-refractivity contribution in [3.63, 3.8) is 0 Å². The third-order valence-electron chi connectivity index (χ3n) is 8.62. The average molecular weight is 316 g/mol. The summed E-state index contributed by atoms with van der Waals surface area (Å²) in [5.41, 5.74) is 12.1. The van der Waals surface area contributed by atoms with Crippen LogP contribution < -0.4 is 5.43 Å². The quantitative estimate of drug-likeness (QED) is 0.602. The number of hydrogen-bond acceptors (Lipinski definition) is 2. The number of carbonyl (C=O) groups excluding carboxylic acids is 1. The van der Waals surface area contributed by atoms with E-state index in [1.54, 1.807) is 0 Å². The summed E-state index contributed by atoms with van der Waals surface area (Å²) in [6.07, 6.45) is 10.4. The highest BCUT2D eigenvalue weighted by Crippen LogP contribution is 2.65. The highest BCUT2D eigenvalue weighted by atomic mass is 16.1. The van der Waals surface area contributed by atoms with Gasteiger partial charge in [0.1, 0.15) is 5.78 Å². The van der Waals surface area contributed by atoms with Crippen LogP contribution in [0.25, 0.3) is 5.53 Å². The van der Waals surface area contributed by atoms with Crippen LogP contribution in [0.1, 0.15) is 71.6 Å². The molecule has 0 unspecified atom stereocenters. The van der Waals surface area contributed by atoms with Gasteiger partial charge < -0.3 is 11.0 Å². The first-order chi connectivity index (χ1) is 11.0. The maximum atomic E-state index is 12.4. The lowest BCUT2D eigenvalue weighted by Crippen LogP contribution is -2.54. The summed E-state index contributed by atoms with van der Waals surface area (Å²) in [4.78, 5) is 12.4. The lowest BCUT2D eigenvalue weighted by atomic mass is 9.45. The minimum atomic E-state index is -0.00110. The second-order valence-corrected chi connectivity index (χ2v) is 9.28. The Morgan fingerprint density at radius 3 is 2.70 bits per heavy atom. The van der Waals surface area contributed by atoms with Crippen LogP contribution in [0, 0.1) is 34.5 Å². The van der Waals surface area contributed by atoms with Gasteiger partial charge in [-0.2, -0.15) is 0 Å². The summed E-state index contributed by atoms with van der Waals surface area (Å²) in [5.74, 6) is 3.52. The van der Waals surface area contributed by atoms with Gasteiger partial charge in [0.2, 0.25) is 0 Å². The molecule has 4 heteroatoms. The molecule has 4 rings (SSSR count). The van der Waals surface area contributed by atoms with Gasteiger partial charge in [-0.3, -0.25) is 10.0 Å². The third kappa shape index (κ3) is 2.12. The fourth-order valence-electron chi connectivity index (χ4n) is 7.23. The Balaban J connectivity index is 1.57. The summed E-state index contributed by atoms with van der Waals surface area (Å²) in [5, 5.41) is 3.17. The van der Waals surface area contributed by atoms with Crippen LogP contribution in [0.5, 0.6) is 0 Å². The van der Waals surface area contributed by atoms with Gasteiger partial charge in [0.05, 0.1) is 0 Å². The normalized spacial score (nSPS) is 52.3. The van der Waals surface area contributed by atoms with Crippen LogP contribution in [0.15, 0.2) is 5.22 Å². The topological polar surface area (TPSA) is 63.8 Å². The fraction of sp³-hybridized carbons (Fsp3) is 0.947. The molecule has 7 atom stereocenters. The van der Waals surface area contributed by atoms with Gasteiger partial charge in [-0.1, -0.05) is 13.8 Å². The van der Waals surface area contributed by atoms with E-state index >= 15 is 0 Å². The van der Waals surface area contributed by atoms with E-state index < -0.39 is 0 Å². The van der Waals surface area contributed by atoms with Gasteiger partial charge in [0.15, 0.2) is 0 Å². The van der Waals surface area contributed by atoms with Crippen molar-refractivity contribution in [3.05, 3.63) is 5.53 Å². The minimum Gasteiger partial charge on any atom is -0.411 e. The van der Waals surface area contributed by atoms with Gasteiger partial charge in [-0.25, -0.2) is 0 Å². The Hall–Kier alpha value is -0.930. The number of nitrogens with one attached hydrogen (secondary N) is 1. The summed E-state index contributed by atoms with van der Waals surface area (Å²) in [6.45, 7) is 4.79. The molecule has 1 N–H and O–H groups in total. The highest BCUT2D eigenvalue weighted by molar-refractivity contribution is 5.87. The van der Waals surface area contributed by atoms with Crippen LogP contribution in [-0.2, 0) is 4.79 Å². The second kappa shape index (κ2) is 5.29. The molecule has 0 amide bonds. The maximum absolute atomic E-state index is 12.4. The molecule has 0 aromatic carbocycles. The summed E-state index contributed by atoms with van der Waals surface area (Å²) < 4.78 is 0. The number of rotatable bonds is 2. The minimum absolute atomic E-state index is 0.00110. The van der Waals surface area contributed by atoms with Crippen molar-refractivity contribution in [2.24, 2.45) is 39.7 Å². The van der Waals surface area contributed by atoms with E-state index in [0.29, 0.717) is 23.2 Å². The van der Waals surface area contributed by atoms with E-state index in [-0.39, 0.29) is 5.41 Å². The molecular weight excluding hydrogens is 286 g/mol. The summed E-state index contributed by atoms with van der Waals surface area (Å²) in [7, 11) is 0. The number of fused-ring (bicyclic) bond motifs is 5. The number of Topliss-reactive ketones (excluding diaryl/α,β-unsaturated/α-hetero) is 1. The molecule has 23 heavy (non-hydrogen) atoms. The zero-order valence-electron chi connectivity index (χ0n) is 14.6. The van der Waals surface area contributed by atoms with Crippen molar-refractivity contribution in [1.29, 1.82) is 0 Å². The Bertz CT molecular complexity index is 521. The molecule has 0 aromatic heterocycles. The smallest absolute Gasteiger partial charge is 0.139 e. The van der Waals surface area contributed by atoms with Gasteiger partial charge in [0.25, 0.3) is 0 Å². The Kier molecular flexibility index (Phi) is 3.58. The number of nitrogens with zero attached hydrogens (tertiary/aromatic N) is 2. The monoisotopic (exact) mass is 316 g/mol. The molecule has 0 bridgehead atoms. The predicted molar refractivity (Wildman–Crippen MR) is 89.4 cm³/mol. The molecular formula is C19H30N3O-. The molecule has 4 saturated carbocycles. The van der Waals surface area contributed by atoms with Gasteiger partial charge >= 0.3 is 0 Å². The number of carbonyl (C=O) groups is 1. The Labute approximate surface area is 139 Å². The van der Waals surface area contributed by atoms with Crippen LogP contribution in [0.3, 0.4) is 0 Å².